The van der Waals surface area contributed by atoms with E-state index in [9.17, 15) is 14.0 Å². The summed E-state index contributed by atoms with van der Waals surface area (Å²) in [5, 5.41) is 7.02. The number of thiazole rings is 1. The predicted molar refractivity (Wildman–Crippen MR) is 132 cm³/mol. The Morgan fingerprint density at radius 2 is 1.77 bits per heavy atom. The summed E-state index contributed by atoms with van der Waals surface area (Å²) in [5.41, 5.74) is 1.92. The quantitative estimate of drug-likeness (QED) is 0.381. The Morgan fingerprint density at radius 3 is 2.54 bits per heavy atom. The molecule has 0 aliphatic carbocycles. The van der Waals surface area contributed by atoms with Gasteiger partial charge in [-0.1, -0.05) is 59.9 Å². The monoisotopic (exact) mass is 486 g/mol. The van der Waals surface area contributed by atoms with Crippen LogP contribution in [0.4, 0.5) is 10.1 Å². The molecular formula is C26H19FN4O3S. The average Bonchev–Trinajstić information content (AvgIpc) is 3.38. The second-order valence-corrected chi connectivity index (χ2v) is 8.69. The molecule has 0 radical (unpaired) electrons. The molecule has 9 heteroatoms. The normalized spacial score (nSPS) is 11.6. The number of halogens is 1. The molecule has 3 aromatic carbocycles. The smallest absolute Gasteiger partial charge is 0.291 e. The highest BCUT2D eigenvalue weighted by molar-refractivity contribution is 7.15. The van der Waals surface area contributed by atoms with Crippen LogP contribution in [0.2, 0.25) is 0 Å². The van der Waals surface area contributed by atoms with Gasteiger partial charge in [0.05, 0.1) is 4.53 Å². The molecule has 0 spiro atoms. The number of fused-ring (bicyclic) bond motifs is 1. The van der Waals surface area contributed by atoms with E-state index in [-0.39, 0.29) is 23.9 Å². The third-order valence-corrected chi connectivity index (χ3v) is 6.08. The molecule has 0 aliphatic rings. The van der Waals surface area contributed by atoms with Crippen LogP contribution in [0.1, 0.15) is 17.0 Å². The van der Waals surface area contributed by atoms with E-state index in [1.54, 1.807) is 24.3 Å². The Labute approximate surface area is 203 Å². The van der Waals surface area contributed by atoms with Crippen molar-refractivity contribution in [2.75, 3.05) is 11.9 Å². The van der Waals surface area contributed by atoms with Crippen LogP contribution in [0.15, 0.2) is 83.7 Å². The van der Waals surface area contributed by atoms with Crippen LogP contribution >= 0.6 is 11.3 Å². The highest BCUT2D eigenvalue weighted by atomic mass is 32.1. The van der Waals surface area contributed by atoms with Gasteiger partial charge in [0, 0.05) is 17.7 Å². The summed E-state index contributed by atoms with van der Waals surface area (Å²) in [7, 11) is 0. The topological polar surface area (TPSA) is 85.6 Å². The van der Waals surface area contributed by atoms with Crippen LogP contribution in [0.25, 0.3) is 11.0 Å². The molecule has 0 aliphatic heterocycles. The number of nitrogens with one attached hydrogen (secondary N) is 1. The van der Waals surface area contributed by atoms with E-state index in [0.717, 1.165) is 5.56 Å². The van der Waals surface area contributed by atoms with Crippen molar-refractivity contribution in [3.05, 3.63) is 117 Å². The van der Waals surface area contributed by atoms with Crippen molar-refractivity contribution >= 4 is 34.0 Å². The Bertz CT molecular complexity index is 1600. The Kier molecular flexibility index (Phi) is 6.32. The predicted octanol–water partition coefficient (Wildman–Crippen LogP) is 3.45. The van der Waals surface area contributed by atoms with Crippen LogP contribution in [0, 0.1) is 5.82 Å². The zero-order valence-electron chi connectivity index (χ0n) is 18.3. The Hall–Kier alpha value is -4.37. The van der Waals surface area contributed by atoms with Crippen molar-refractivity contribution < 1.29 is 13.9 Å². The number of para-hydroxylation sites is 1. The minimum absolute atomic E-state index is 0.245. The molecule has 0 bridgehead atoms. The van der Waals surface area contributed by atoms with Crippen molar-refractivity contribution in [1.29, 1.82) is 0 Å². The summed E-state index contributed by atoms with van der Waals surface area (Å²) in [6.07, 6.45) is 2.25. The first-order valence-electron chi connectivity index (χ1n) is 10.8. The third kappa shape index (κ3) is 5.25. The molecule has 2 heterocycles. The van der Waals surface area contributed by atoms with Gasteiger partial charge in [0.1, 0.15) is 11.6 Å². The van der Waals surface area contributed by atoms with E-state index in [4.69, 9.17) is 4.74 Å². The molecule has 174 valence electrons. The lowest BCUT2D eigenvalue weighted by Crippen LogP contribution is -2.24. The van der Waals surface area contributed by atoms with Crippen LogP contribution in [0.5, 0.6) is 5.75 Å². The molecular weight excluding hydrogens is 467 g/mol. The van der Waals surface area contributed by atoms with Crippen molar-refractivity contribution in [1.82, 2.24) is 14.6 Å². The fourth-order valence-electron chi connectivity index (χ4n) is 3.47. The molecule has 0 fully saturated rings. The first kappa shape index (κ1) is 22.4. The SMILES string of the molecule is O=C(COc1ccccc1/C=c1\sc2nc(Cc3ccccc3)nn2c1=O)Nc1ccc(F)cc1. The summed E-state index contributed by atoms with van der Waals surface area (Å²) in [6, 6.07) is 22.4. The van der Waals surface area contributed by atoms with E-state index in [2.05, 4.69) is 15.4 Å². The molecule has 35 heavy (non-hydrogen) atoms. The number of carbonyl (C=O) groups is 1. The third-order valence-electron chi connectivity index (χ3n) is 5.12. The van der Waals surface area contributed by atoms with Crippen molar-refractivity contribution in [2.45, 2.75) is 6.42 Å². The number of nitrogens with zero attached hydrogens (tertiary/aromatic N) is 3. The number of rotatable bonds is 7. The lowest BCUT2D eigenvalue weighted by atomic mass is 10.1. The van der Waals surface area contributed by atoms with E-state index in [1.807, 2.05) is 36.4 Å². The molecule has 0 atom stereocenters. The zero-order chi connectivity index (χ0) is 24.2. The summed E-state index contributed by atoms with van der Waals surface area (Å²) >= 11 is 1.24. The Morgan fingerprint density at radius 1 is 1.03 bits per heavy atom. The van der Waals surface area contributed by atoms with E-state index in [0.29, 0.717) is 38.7 Å². The molecule has 2 aromatic heterocycles. The fraction of sp³-hybridized carbons (Fsp3) is 0.0769. The van der Waals surface area contributed by atoms with Crippen LogP contribution in [0.3, 0.4) is 0 Å². The summed E-state index contributed by atoms with van der Waals surface area (Å²) in [6.45, 7) is -0.245. The van der Waals surface area contributed by atoms with Crippen LogP contribution in [-0.2, 0) is 11.2 Å². The van der Waals surface area contributed by atoms with Gasteiger partial charge >= 0.3 is 0 Å². The van der Waals surface area contributed by atoms with Crippen LogP contribution in [-0.4, -0.2) is 27.1 Å². The van der Waals surface area contributed by atoms with Gasteiger partial charge in [0.15, 0.2) is 12.4 Å². The number of ether oxygens (including phenoxy) is 1. The molecule has 0 saturated carbocycles. The number of amides is 1. The van der Waals surface area contributed by atoms with Crippen molar-refractivity contribution in [2.24, 2.45) is 0 Å². The number of aromatic nitrogens is 3. The summed E-state index contributed by atoms with van der Waals surface area (Å²) in [5.74, 6) is 0.262. The second kappa shape index (κ2) is 9.86. The van der Waals surface area contributed by atoms with Gasteiger partial charge in [-0.15, -0.1) is 5.10 Å². The van der Waals surface area contributed by atoms with Crippen LogP contribution < -0.4 is 20.1 Å². The molecule has 1 amide bonds. The lowest BCUT2D eigenvalue weighted by molar-refractivity contribution is -0.118. The average molecular weight is 487 g/mol. The van der Waals surface area contributed by atoms with E-state index in [1.165, 1.54) is 40.1 Å². The summed E-state index contributed by atoms with van der Waals surface area (Å²) in [4.78, 5) is 30.2. The molecule has 1 N–H and O–H groups in total. The number of benzene rings is 3. The fourth-order valence-corrected chi connectivity index (χ4v) is 4.39. The number of hydrogen-bond donors (Lipinski definition) is 1. The van der Waals surface area contributed by atoms with Crippen molar-refractivity contribution in [3.8, 4) is 5.75 Å². The van der Waals surface area contributed by atoms with Crippen molar-refractivity contribution in [3.63, 3.8) is 0 Å². The minimum atomic E-state index is -0.388. The molecule has 5 rings (SSSR count). The maximum atomic E-state index is 13.0. The van der Waals surface area contributed by atoms with Gasteiger partial charge in [-0.25, -0.2) is 9.37 Å². The second-order valence-electron chi connectivity index (χ2n) is 7.68. The highest BCUT2D eigenvalue weighted by Crippen LogP contribution is 2.19. The van der Waals surface area contributed by atoms with E-state index < -0.39 is 0 Å². The zero-order valence-corrected chi connectivity index (χ0v) is 19.2. The number of carbonyl (C=O) groups excluding carboxylic acids is 1. The van der Waals surface area contributed by atoms with Gasteiger partial charge < -0.3 is 10.1 Å². The maximum Gasteiger partial charge on any atom is 0.291 e. The minimum Gasteiger partial charge on any atom is -0.483 e. The Balaban J connectivity index is 1.33. The van der Waals surface area contributed by atoms with Gasteiger partial charge in [0.2, 0.25) is 4.96 Å². The lowest BCUT2D eigenvalue weighted by Gasteiger charge is -2.09. The van der Waals surface area contributed by atoms with Gasteiger partial charge in [-0.2, -0.15) is 4.52 Å². The number of hydrogen-bond acceptors (Lipinski definition) is 6. The molecule has 7 nitrogen and oxygen atoms in total. The van der Waals surface area contributed by atoms with Gasteiger partial charge in [-0.05, 0) is 42.0 Å². The molecule has 0 unspecified atom stereocenters. The standard InChI is InChI=1S/C26H19FN4O3S/c27-19-10-12-20(13-11-19)28-24(32)16-34-21-9-5-4-8-18(21)15-22-25(33)31-26(35-22)29-23(30-31)14-17-6-2-1-3-7-17/h1-13,15H,14,16H2,(H,28,32)/b22-15-. The van der Waals surface area contributed by atoms with E-state index >= 15 is 0 Å². The summed E-state index contributed by atoms with van der Waals surface area (Å²) < 4.78 is 20.5. The van der Waals surface area contributed by atoms with Gasteiger partial charge in [-0.3, -0.25) is 9.59 Å². The first-order valence-corrected chi connectivity index (χ1v) is 11.6. The highest BCUT2D eigenvalue weighted by Gasteiger charge is 2.12. The number of anilines is 1. The maximum absolute atomic E-state index is 13.0. The molecule has 5 aromatic rings. The first-order chi connectivity index (χ1) is 17.0. The molecule has 0 saturated heterocycles. The largest absolute Gasteiger partial charge is 0.483 e. The van der Waals surface area contributed by atoms with Gasteiger partial charge in [0.25, 0.3) is 11.5 Å².